The number of nitrogens with zero attached hydrogens (tertiary/aromatic N) is 1. The van der Waals surface area contributed by atoms with Crippen LogP contribution in [-0.2, 0) is 9.59 Å². The minimum atomic E-state index is -1.18. The number of amides is 1. The third-order valence-corrected chi connectivity index (χ3v) is 5.32. The van der Waals surface area contributed by atoms with Gasteiger partial charge in [-0.15, -0.1) is 0 Å². The van der Waals surface area contributed by atoms with E-state index in [1.165, 1.54) is 12.3 Å². The Morgan fingerprint density at radius 2 is 2.04 bits per heavy atom. The lowest BCUT2D eigenvalue weighted by Crippen LogP contribution is -2.29. The summed E-state index contributed by atoms with van der Waals surface area (Å²) in [5.41, 5.74) is 1.18. The lowest BCUT2D eigenvalue weighted by atomic mass is 10.1. The van der Waals surface area contributed by atoms with E-state index in [1.807, 2.05) is 30.3 Å². The molecule has 2 heterocycles. The van der Waals surface area contributed by atoms with E-state index in [4.69, 9.17) is 0 Å². The van der Waals surface area contributed by atoms with Crippen LogP contribution in [0.2, 0.25) is 0 Å². The largest absolute Gasteiger partial charge is 0.380 e. The summed E-state index contributed by atoms with van der Waals surface area (Å²) >= 11 is 1.54. The molecule has 1 unspecified atom stereocenters. The zero-order chi connectivity index (χ0) is 16.0. The standard InChI is InChI=1S/C17H14N2O3S/c20-13-5-8-18-15-12(13)9-14(23-15)10-1-3-11(4-2-10)19-16(21)17(22)6-7-17/h1-5,8-9,14,22H,6-7H2,(H,19,21). The van der Waals surface area contributed by atoms with Crippen LogP contribution >= 0.6 is 11.8 Å². The summed E-state index contributed by atoms with van der Waals surface area (Å²) in [4.78, 5) is 27.9. The highest BCUT2D eigenvalue weighted by molar-refractivity contribution is 8.15. The first-order valence-corrected chi connectivity index (χ1v) is 8.24. The predicted octanol–water partition coefficient (Wildman–Crippen LogP) is 2.36. The van der Waals surface area contributed by atoms with Crippen molar-refractivity contribution in [3.63, 3.8) is 0 Å². The van der Waals surface area contributed by atoms with Gasteiger partial charge in [0.25, 0.3) is 5.91 Å². The van der Waals surface area contributed by atoms with Crippen molar-refractivity contribution < 1.29 is 14.7 Å². The fraction of sp³-hybridized carbons (Fsp3) is 0.235. The molecule has 1 fully saturated rings. The van der Waals surface area contributed by atoms with E-state index in [1.54, 1.807) is 11.8 Å². The van der Waals surface area contributed by atoms with E-state index in [-0.39, 0.29) is 16.9 Å². The second-order valence-electron chi connectivity index (χ2n) is 5.84. The number of anilines is 1. The minimum Gasteiger partial charge on any atom is -0.380 e. The van der Waals surface area contributed by atoms with Gasteiger partial charge >= 0.3 is 0 Å². The molecule has 0 bridgehead atoms. The first kappa shape index (κ1) is 14.4. The van der Waals surface area contributed by atoms with Gasteiger partial charge in [0.05, 0.1) is 10.8 Å². The molecule has 6 heteroatoms. The number of ketones is 1. The number of hydrogen-bond donors (Lipinski definition) is 2. The summed E-state index contributed by atoms with van der Waals surface area (Å²) in [6.07, 6.45) is 5.97. The number of rotatable bonds is 3. The lowest BCUT2D eigenvalue weighted by molar-refractivity contribution is -0.125. The van der Waals surface area contributed by atoms with E-state index in [9.17, 15) is 14.7 Å². The van der Waals surface area contributed by atoms with Crippen LogP contribution < -0.4 is 5.32 Å². The Kier molecular flexibility index (Phi) is 3.25. The molecule has 0 aromatic heterocycles. The minimum absolute atomic E-state index is 0.00781. The third-order valence-electron chi connectivity index (χ3n) is 4.11. The highest BCUT2D eigenvalue weighted by atomic mass is 32.2. The number of carbonyl (C=O) groups is 2. The SMILES string of the molecule is O=C1C=CN=C2SC(c3ccc(NC(=O)C4(O)CC4)cc3)C=C12. The number of allylic oxidation sites excluding steroid dienone is 1. The Hall–Kier alpha value is -2.18. The Morgan fingerprint density at radius 3 is 2.70 bits per heavy atom. The fourth-order valence-electron chi connectivity index (χ4n) is 2.50. The zero-order valence-corrected chi connectivity index (χ0v) is 13.0. The summed E-state index contributed by atoms with van der Waals surface area (Å²) in [5.74, 6) is -0.355. The van der Waals surface area contributed by atoms with Crippen molar-refractivity contribution in [3.8, 4) is 0 Å². The summed E-state index contributed by atoms with van der Waals surface area (Å²) in [6, 6.07) is 7.44. The van der Waals surface area contributed by atoms with Gasteiger partial charge in [-0.25, -0.2) is 4.99 Å². The monoisotopic (exact) mass is 326 g/mol. The van der Waals surface area contributed by atoms with Crippen LogP contribution in [0.4, 0.5) is 5.69 Å². The van der Waals surface area contributed by atoms with Crippen molar-refractivity contribution in [2.45, 2.75) is 23.7 Å². The number of thioether (sulfide) groups is 1. The first-order valence-electron chi connectivity index (χ1n) is 7.36. The molecule has 0 saturated heterocycles. The number of carbonyl (C=O) groups excluding carboxylic acids is 2. The maximum Gasteiger partial charge on any atom is 0.256 e. The topological polar surface area (TPSA) is 78.8 Å². The van der Waals surface area contributed by atoms with E-state index < -0.39 is 5.60 Å². The molecule has 4 rings (SSSR count). The number of hydrogen-bond acceptors (Lipinski definition) is 5. The molecule has 1 aliphatic carbocycles. The predicted molar refractivity (Wildman–Crippen MR) is 89.3 cm³/mol. The van der Waals surface area contributed by atoms with E-state index >= 15 is 0 Å². The number of aliphatic imine (C=N–C) groups is 1. The maximum absolute atomic E-state index is 11.8. The second kappa shape index (κ2) is 5.18. The van der Waals surface area contributed by atoms with Crippen molar-refractivity contribution >= 4 is 34.2 Å². The quantitative estimate of drug-likeness (QED) is 0.894. The summed E-state index contributed by atoms with van der Waals surface area (Å²) in [6.45, 7) is 0. The van der Waals surface area contributed by atoms with Gasteiger partial charge in [0.2, 0.25) is 0 Å². The summed E-state index contributed by atoms with van der Waals surface area (Å²) in [7, 11) is 0. The van der Waals surface area contributed by atoms with Gasteiger partial charge in [0, 0.05) is 18.0 Å². The van der Waals surface area contributed by atoms with Crippen LogP contribution in [0, 0.1) is 0 Å². The van der Waals surface area contributed by atoms with Crippen LogP contribution in [0.1, 0.15) is 23.7 Å². The molecule has 0 radical (unpaired) electrons. The number of aliphatic hydroxyl groups is 1. The van der Waals surface area contributed by atoms with Crippen LogP contribution in [-0.4, -0.2) is 27.4 Å². The second-order valence-corrected chi connectivity index (χ2v) is 6.97. The first-order chi connectivity index (χ1) is 11.0. The molecule has 2 aliphatic heterocycles. The molecule has 1 amide bonds. The Bertz CT molecular complexity index is 789. The lowest BCUT2D eigenvalue weighted by Gasteiger charge is -2.11. The molecule has 116 valence electrons. The van der Waals surface area contributed by atoms with Crippen LogP contribution in [0.5, 0.6) is 0 Å². The van der Waals surface area contributed by atoms with Gasteiger partial charge in [-0.1, -0.05) is 30.0 Å². The molecule has 1 saturated carbocycles. The third kappa shape index (κ3) is 2.64. The fourth-order valence-corrected chi connectivity index (χ4v) is 3.66. The Labute approximate surface area is 137 Å². The molecule has 2 N–H and O–H groups in total. The van der Waals surface area contributed by atoms with Crippen molar-refractivity contribution in [1.29, 1.82) is 0 Å². The van der Waals surface area contributed by atoms with Crippen molar-refractivity contribution in [2.75, 3.05) is 5.32 Å². The van der Waals surface area contributed by atoms with E-state index in [2.05, 4.69) is 10.3 Å². The van der Waals surface area contributed by atoms with Gasteiger partial charge in [-0.3, -0.25) is 9.59 Å². The molecule has 5 nitrogen and oxygen atoms in total. The average Bonchev–Trinajstić information content (AvgIpc) is 3.14. The molecule has 1 aromatic rings. The van der Waals surface area contributed by atoms with Gasteiger partial charge in [-0.05, 0) is 30.5 Å². The van der Waals surface area contributed by atoms with Gasteiger partial charge in [0.15, 0.2) is 5.78 Å². The van der Waals surface area contributed by atoms with Crippen LogP contribution in [0.15, 0.2) is 53.2 Å². The number of benzene rings is 1. The normalized spacial score (nSPS) is 23.9. The number of nitrogens with one attached hydrogen (secondary N) is 1. The molecular formula is C17H14N2O3S. The molecule has 1 aromatic carbocycles. The summed E-state index contributed by atoms with van der Waals surface area (Å²) in [5, 5.41) is 13.3. The molecular weight excluding hydrogens is 312 g/mol. The smallest absolute Gasteiger partial charge is 0.256 e. The maximum atomic E-state index is 11.8. The van der Waals surface area contributed by atoms with Crippen molar-refractivity contribution in [2.24, 2.45) is 4.99 Å². The van der Waals surface area contributed by atoms with Gasteiger partial charge in [-0.2, -0.15) is 0 Å². The molecule has 0 spiro atoms. The van der Waals surface area contributed by atoms with Crippen molar-refractivity contribution in [3.05, 3.63) is 53.8 Å². The van der Waals surface area contributed by atoms with E-state index in [0.717, 1.165) is 10.6 Å². The summed E-state index contributed by atoms with van der Waals surface area (Å²) < 4.78 is 0. The molecule has 23 heavy (non-hydrogen) atoms. The molecule has 3 aliphatic rings. The Morgan fingerprint density at radius 1 is 1.30 bits per heavy atom. The zero-order valence-electron chi connectivity index (χ0n) is 12.2. The van der Waals surface area contributed by atoms with Crippen molar-refractivity contribution in [1.82, 2.24) is 0 Å². The average molecular weight is 326 g/mol. The van der Waals surface area contributed by atoms with Gasteiger partial charge in [0.1, 0.15) is 10.6 Å². The highest BCUT2D eigenvalue weighted by Crippen LogP contribution is 2.42. The van der Waals surface area contributed by atoms with Crippen LogP contribution in [0.25, 0.3) is 0 Å². The number of fused-ring (bicyclic) bond motifs is 1. The Balaban J connectivity index is 1.49. The van der Waals surface area contributed by atoms with E-state index in [0.29, 0.717) is 24.1 Å². The van der Waals surface area contributed by atoms with Crippen LogP contribution in [0.3, 0.4) is 0 Å². The molecule has 1 atom stereocenters. The van der Waals surface area contributed by atoms with Gasteiger partial charge < -0.3 is 10.4 Å². The highest BCUT2D eigenvalue weighted by Gasteiger charge is 2.48.